The highest BCUT2D eigenvalue weighted by Gasteiger charge is 2.43. The Morgan fingerprint density at radius 2 is 2.00 bits per heavy atom. The van der Waals surface area contributed by atoms with Gasteiger partial charge in [-0.05, 0) is 32.2 Å². The molecule has 0 aromatic carbocycles. The minimum absolute atomic E-state index is 0. The smallest absolute Gasteiger partial charge is 0.262 e. The Hall–Kier alpha value is -0.170. The number of fused-ring (bicyclic) bond motifs is 1. The summed E-state index contributed by atoms with van der Waals surface area (Å²) < 4.78 is 26.1. The van der Waals surface area contributed by atoms with E-state index in [1.165, 1.54) is 19.4 Å². The van der Waals surface area contributed by atoms with Crippen LogP contribution in [0.15, 0.2) is 0 Å². The highest BCUT2D eigenvalue weighted by Crippen LogP contribution is 2.28. The maximum atomic E-state index is 13.1. The number of rotatable bonds is 2. The van der Waals surface area contributed by atoms with E-state index in [0.717, 1.165) is 19.4 Å². The van der Waals surface area contributed by atoms with Crippen LogP contribution in [0, 0.1) is 0 Å². The first-order chi connectivity index (χ1) is 9.03. The molecule has 1 amide bonds. The van der Waals surface area contributed by atoms with Gasteiger partial charge in [0.15, 0.2) is 0 Å². The molecule has 3 aliphatic heterocycles. The minimum atomic E-state index is -2.74. The quantitative estimate of drug-likeness (QED) is 0.798. The maximum absolute atomic E-state index is 13.1. The Morgan fingerprint density at radius 3 is 2.67 bits per heavy atom. The van der Waals surface area contributed by atoms with Crippen molar-refractivity contribution < 1.29 is 13.6 Å². The molecule has 3 atom stereocenters. The van der Waals surface area contributed by atoms with Crippen molar-refractivity contribution in [2.75, 3.05) is 19.6 Å². The molecule has 0 saturated carbocycles. The largest absolute Gasteiger partial charge is 0.352 e. The molecule has 2 N–H and O–H groups in total. The van der Waals surface area contributed by atoms with Gasteiger partial charge in [-0.15, -0.1) is 24.8 Å². The zero-order chi connectivity index (χ0) is 13.5. The first-order valence-corrected chi connectivity index (χ1v) is 7.19. The van der Waals surface area contributed by atoms with Crippen molar-refractivity contribution in [1.82, 2.24) is 15.5 Å². The Bertz CT molecular complexity index is 373. The van der Waals surface area contributed by atoms with E-state index in [4.69, 9.17) is 0 Å². The zero-order valence-corrected chi connectivity index (χ0v) is 13.4. The summed E-state index contributed by atoms with van der Waals surface area (Å²) in [6.07, 6.45) is 3.97. The van der Waals surface area contributed by atoms with Crippen molar-refractivity contribution in [2.24, 2.45) is 0 Å². The molecule has 0 radical (unpaired) electrons. The predicted octanol–water partition coefficient (Wildman–Crippen LogP) is 1.57. The van der Waals surface area contributed by atoms with Crippen molar-refractivity contribution >= 4 is 30.7 Å². The lowest BCUT2D eigenvalue weighted by Gasteiger charge is -2.35. The molecule has 8 heteroatoms. The van der Waals surface area contributed by atoms with Gasteiger partial charge < -0.3 is 10.2 Å². The molecule has 4 nitrogen and oxygen atoms in total. The SMILES string of the molecule is Cl.Cl.O=C(NC1CCN2CCCC2C1)C1CC(F)(F)CN1. The number of amides is 1. The van der Waals surface area contributed by atoms with Crippen LogP contribution in [-0.2, 0) is 4.79 Å². The van der Waals surface area contributed by atoms with Crippen LogP contribution in [0.5, 0.6) is 0 Å². The highest BCUT2D eigenvalue weighted by atomic mass is 35.5. The molecule has 3 saturated heterocycles. The number of nitrogens with one attached hydrogen (secondary N) is 2. The molecule has 0 aliphatic carbocycles. The van der Waals surface area contributed by atoms with Crippen LogP contribution >= 0.6 is 24.8 Å². The van der Waals surface area contributed by atoms with Crippen molar-refractivity contribution in [3.8, 4) is 0 Å². The van der Waals surface area contributed by atoms with Gasteiger partial charge in [-0.1, -0.05) is 0 Å². The van der Waals surface area contributed by atoms with E-state index in [0.29, 0.717) is 6.04 Å². The second-order valence-electron chi connectivity index (χ2n) is 6.06. The normalized spacial score (nSPS) is 34.5. The van der Waals surface area contributed by atoms with Crippen molar-refractivity contribution in [2.45, 2.75) is 56.2 Å². The molecule has 0 spiro atoms. The number of halogens is 4. The minimum Gasteiger partial charge on any atom is -0.352 e. The van der Waals surface area contributed by atoms with Gasteiger partial charge >= 0.3 is 0 Å². The molecule has 3 rings (SSSR count). The van der Waals surface area contributed by atoms with E-state index in [-0.39, 0.29) is 49.7 Å². The second-order valence-corrected chi connectivity index (χ2v) is 6.06. The van der Waals surface area contributed by atoms with E-state index in [2.05, 4.69) is 15.5 Å². The lowest BCUT2D eigenvalue weighted by Crippen LogP contribution is -2.51. The lowest BCUT2D eigenvalue weighted by atomic mass is 9.97. The van der Waals surface area contributed by atoms with Gasteiger partial charge in [0.25, 0.3) is 5.92 Å². The Balaban J connectivity index is 0.00000110. The summed E-state index contributed by atoms with van der Waals surface area (Å²) in [7, 11) is 0. The summed E-state index contributed by atoms with van der Waals surface area (Å²) in [5.41, 5.74) is 0. The van der Waals surface area contributed by atoms with Gasteiger partial charge in [-0.2, -0.15) is 0 Å². The number of hydrogen-bond donors (Lipinski definition) is 2. The molecule has 3 fully saturated rings. The van der Waals surface area contributed by atoms with Crippen LogP contribution in [-0.4, -0.2) is 54.5 Å². The van der Waals surface area contributed by atoms with E-state index >= 15 is 0 Å². The number of alkyl halides is 2. The van der Waals surface area contributed by atoms with E-state index in [9.17, 15) is 13.6 Å². The number of carbonyl (C=O) groups excluding carboxylic acids is 1. The van der Waals surface area contributed by atoms with E-state index < -0.39 is 12.0 Å². The van der Waals surface area contributed by atoms with Crippen molar-refractivity contribution in [3.63, 3.8) is 0 Å². The van der Waals surface area contributed by atoms with Crippen LogP contribution in [0.4, 0.5) is 8.78 Å². The summed E-state index contributed by atoms with van der Waals surface area (Å²) in [4.78, 5) is 14.4. The first kappa shape index (κ1) is 18.9. The van der Waals surface area contributed by atoms with Crippen LogP contribution in [0.3, 0.4) is 0 Å². The molecule has 124 valence electrons. The average molecular weight is 346 g/mol. The Morgan fingerprint density at radius 1 is 1.24 bits per heavy atom. The van der Waals surface area contributed by atoms with Gasteiger partial charge in [0.2, 0.25) is 5.91 Å². The molecule has 3 aliphatic rings. The number of piperidine rings is 1. The third-order valence-corrected chi connectivity index (χ3v) is 4.59. The third kappa shape index (κ3) is 4.41. The summed E-state index contributed by atoms with van der Waals surface area (Å²) in [6.45, 7) is 1.80. The van der Waals surface area contributed by atoms with Crippen LogP contribution in [0.1, 0.15) is 32.1 Å². The zero-order valence-electron chi connectivity index (χ0n) is 11.8. The molecule has 21 heavy (non-hydrogen) atoms. The van der Waals surface area contributed by atoms with Crippen molar-refractivity contribution in [3.05, 3.63) is 0 Å². The average Bonchev–Trinajstić information content (AvgIpc) is 2.94. The second kappa shape index (κ2) is 7.40. The van der Waals surface area contributed by atoms with Crippen LogP contribution in [0.25, 0.3) is 0 Å². The fraction of sp³-hybridized carbons (Fsp3) is 0.923. The van der Waals surface area contributed by atoms with Crippen LogP contribution < -0.4 is 10.6 Å². The molecule has 0 aromatic rings. The summed E-state index contributed by atoms with van der Waals surface area (Å²) in [5, 5.41) is 5.56. The number of hydrogen-bond acceptors (Lipinski definition) is 3. The Labute approximate surface area is 136 Å². The molecule has 0 bridgehead atoms. The highest BCUT2D eigenvalue weighted by molar-refractivity contribution is 5.85. The van der Waals surface area contributed by atoms with E-state index in [1.54, 1.807) is 0 Å². The fourth-order valence-corrected chi connectivity index (χ4v) is 3.56. The number of nitrogens with zero attached hydrogens (tertiary/aromatic N) is 1. The number of carbonyl (C=O) groups is 1. The fourth-order valence-electron chi connectivity index (χ4n) is 3.56. The molecular formula is C13H23Cl2F2N3O. The van der Waals surface area contributed by atoms with Gasteiger partial charge in [0.1, 0.15) is 0 Å². The summed E-state index contributed by atoms with van der Waals surface area (Å²) in [5.74, 6) is -3.00. The standard InChI is InChI=1S/C13H21F2N3O.2ClH/c14-13(15)7-11(16-8-13)12(19)17-9-3-5-18-4-1-2-10(18)6-9;;/h9-11,16H,1-8H2,(H,17,19);2*1H. The van der Waals surface area contributed by atoms with Gasteiger partial charge in [0.05, 0.1) is 12.6 Å². The van der Waals surface area contributed by atoms with E-state index in [1.807, 2.05) is 0 Å². The topological polar surface area (TPSA) is 44.4 Å². The monoisotopic (exact) mass is 345 g/mol. The molecular weight excluding hydrogens is 323 g/mol. The maximum Gasteiger partial charge on any atom is 0.262 e. The first-order valence-electron chi connectivity index (χ1n) is 7.19. The predicted molar refractivity (Wildman–Crippen MR) is 81.6 cm³/mol. The lowest BCUT2D eigenvalue weighted by molar-refractivity contribution is -0.124. The van der Waals surface area contributed by atoms with Crippen LogP contribution in [0.2, 0.25) is 0 Å². The van der Waals surface area contributed by atoms with Gasteiger partial charge in [-0.3, -0.25) is 10.1 Å². The molecule has 3 unspecified atom stereocenters. The van der Waals surface area contributed by atoms with Gasteiger partial charge in [0, 0.05) is 25.0 Å². The Kier molecular flexibility index (Phi) is 6.65. The molecule has 3 heterocycles. The molecule has 0 aromatic heterocycles. The summed E-state index contributed by atoms with van der Waals surface area (Å²) in [6, 6.07) is 0.0107. The third-order valence-electron chi connectivity index (χ3n) is 4.59. The van der Waals surface area contributed by atoms with Crippen molar-refractivity contribution in [1.29, 1.82) is 0 Å². The van der Waals surface area contributed by atoms with Gasteiger partial charge in [-0.25, -0.2) is 8.78 Å². The summed E-state index contributed by atoms with van der Waals surface area (Å²) >= 11 is 0.